The lowest BCUT2D eigenvalue weighted by atomic mass is 9.77. The minimum absolute atomic E-state index is 0.274. The minimum Gasteiger partial charge on any atom is -0.303 e. The van der Waals surface area contributed by atoms with E-state index in [0.717, 1.165) is 24.4 Å². The average molecular weight is 293 g/mol. The number of nitrogens with zero attached hydrogens (tertiary/aromatic N) is 3. The SMILES string of the molecule is CCN1CCCC2(CCc3cnc(-c4ccccc4)nc32)C1. The molecule has 0 N–H and O–H groups in total. The van der Waals surface area contributed by atoms with Crippen molar-refractivity contribution in [3.05, 3.63) is 47.8 Å². The van der Waals surface area contributed by atoms with Gasteiger partial charge >= 0.3 is 0 Å². The number of hydrogen-bond acceptors (Lipinski definition) is 3. The molecular weight excluding hydrogens is 270 g/mol. The van der Waals surface area contributed by atoms with E-state index in [-0.39, 0.29) is 5.41 Å². The minimum atomic E-state index is 0.274. The second-order valence-corrected chi connectivity index (χ2v) is 6.69. The van der Waals surface area contributed by atoms with Gasteiger partial charge in [0.05, 0.1) is 5.69 Å². The Hall–Kier alpha value is -1.74. The third-order valence-electron chi connectivity index (χ3n) is 5.37. The molecule has 0 saturated carbocycles. The maximum Gasteiger partial charge on any atom is 0.159 e. The van der Waals surface area contributed by atoms with Crippen molar-refractivity contribution in [1.82, 2.24) is 14.9 Å². The molecule has 1 aliphatic heterocycles. The van der Waals surface area contributed by atoms with Crippen LogP contribution in [0.5, 0.6) is 0 Å². The number of fused-ring (bicyclic) bond motifs is 2. The number of aromatic nitrogens is 2. The molecule has 1 saturated heterocycles. The smallest absolute Gasteiger partial charge is 0.159 e. The molecule has 0 bridgehead atoms. The molecule has 2 heterocycles. The Morgan fingerprint density at radius 3 is 2.86 bits per heavy atom. The summed E-state index contributed by atoms with van der Waals surface area (Å²) in [4.78, 5) is 12.2. The zero-order valence-corrected chi connectivity index (χ0v) is 13.3. The molecule has 1 spiro atoms. The molecule has 2 aliphatic rings. The van der Waals surface area contributed by atoms with Gasteiger partial charge in [-0.2, -0.15) is 0 Å². The molecule has 1 fully saturated rings. The second-order valence-electron chi connectivity index (χ2n) is 6.69. The van der Waals surface area contributed by atoms with Crippen LogP contribution in [0, 0.1) is 0 Å². The summed E-state index contributed by atoms with van der Waals surface area (Å²) in [7, 11) is 0. The quantitative estimate of drug-likeness (QED) is 0.849. The van der Waals surface area contributed by atoms with Crippen LogP contribution in [0.1, 0.15) is 37.4 Å². The van der Waals surface area contributed by atoms with Crippen molar-refractivity contribution in [2.24, 2.45) is 0 Å². The molecule has 0 amide bonds. The van der Waals surface area contributed by atoms with E-state index in [1.54, 1.807) is 0 Å². The Morgan fingerprint density at radius 2 is 2.05 bits per heavy atom. The van der Waals surface area contributed by atoms with Crippen LogP contribution >= 0.6 is 0 Å². The number of benzene rings is 1. The topological polar surface area (TPSA) is 29.0 Å². The summed E-state index contributed by atoms with van der Waals surface area (Å²) in [5.41, 5.74) is 4.10. The number of hydrogen-bond donors (Lipinski definition) is 0. The first kappa shape index (κ1) is 13.9. The summed E-state index contributed by atoms with van der Waals surface area (Å²) in [6.07, 6.45) is 7.03. The van der Waals surface area contributed by atoms with E-state index >= 15 is 0 Å². The van der Waals surface area contributed by atoms with E-state index in [1.807, 2.05) is 6.07 Å². The molecule has 2 aromatic rings. The highest BCUT2D eigenvalue weighted by Crippen LogP contribution is 2.44. The molecule has 1 atom stereocenters. The number of rotatable bonds is 2. The molecule has 1 aliphatic carbocycles. The maximum absolute atomic E-state index is 5.03. The van der Waals surface area contributed by atoms with Crippen LogP contribution in [-0.4, -0.2) is 34.5 Å². The summed E-state index contributed by atoms with van der Waals surface area (Å²) in [6, 6.07) is 10.4. The number of aryl methyl sites for hydroxylation is 1. The second kappa shape index (κ2) is 5.47. The van der Waals surface area contributed by atoms with Gasteiger partial charge in [0.25, 0.3) is 0 Å². The van der Waals surface area contributed by atoms with Crippen molar-refractivity contribution < 1.29 is 0 Å². The fraction of sp³-hybridized carbons (Fsp3) is 0.474. The van der Waals surface area contributed by atoms with Crippen molar-refractivity contribution >= 4 is 0 Å². The van der Waals surface area contributed by atoms with Crippen LogP contribution in [0.3, 0.4) is 0 Å². The molecule has 1 unspecified atom stereocenters. The summed E-state index contributed by atoms with van der Waals surface area (Å²) >= 11 is 0. The Morgan fingerprint density at radius 1 is 1.18 bits per heavy atom. The molecule has 3 nitrogen and oxygen atoms in total. The van der Waals surface area contributed by atoms with E-state index in [1.165, 1.54) is 43.6 Å². The first-order valence-electron chi connectivity index (χ1n) is 8.45. The van der Waals surface area contributed by atoms with Gasteiger partial charge < -0.3 is 4.90 Å². The molecular formula is C19H23N3. The predicted octanol–water partition coefficient (Wildman–Crippen LogP) is 3.44. The average Bonchev–Trinajstić information content (AvgIpc) is 2.93. The Balaban J connectivity index is 1.74. The third-order valence-corrected chi connectivity index (χ3v) is 5.37. The maximum atomic E-state index is 5.03. The third kappa shape index (κ3) is 2.24. The molecule has 1 aromatic carbocycles. The number of likely N-dealkylation sites (N-methyl/N-ethyl adjacent to an activating group) is 1. The first-order valence-corrected chi connectivity index (χ1v) is 8.45. The van der Waals surface area contributed by atoms with Crippen molar-refractivity contribution in [2.45, 2.75) is 38.0 Å². The predicted molar refractivity (Wildman–Crippen MR) is 88.8 cm³/mol. The summed E-state index contributed by atoms with van der Waals surface area (Å²) in [6.45, 7) is 5.82. The molecule has 1 aromatic heterocycles. The lowest BCUT2D eigenvalue weighted by molar-refractivity contribution is 0.149. The number of piperidine rings is 1. The van der Waals surface area contributed by atoms with Crippen LogP contribution in [0.2, 0.25) is 0 Å². The van der Waals surface area contributed by atoms with Gasteiger partial charge in [0.15, 0.2) is 5.82 Å². The van der Waals surface area contributed by atoms with Gasteiger partial charge in [-0.3, -0.25) is 0 Å². The lowest BCUT2D eigenvalue weighted by Crippen LogP contribution is -2.45. The number of likely N-dealkylation sites (tertiary alicyclic amines) is 1. The normalized spacial score (nSPS) is 24.6. The van der Waals surface area contributed by atoms with Gasteiger partial charge in [-0.1, -0.05) is 37.3 Å². The van der Waals surface area contributed by atoms with Crippen molar-refractivity contribution in [3.63, 3.8) is 0 Å². The Kier molecular flexibility index (Phi) is 3.45. The van der Waals surface area contributed by atoms with Crippen LogP contribution in [0.15, 0.2) is 36.5 Å². The molecule has 4 rings (SSSR count). The van der Waals surface area contributed by atoms with E-state index < -0.39 is 0 Å². The highest BCUT2D eigenvalue weighted by Gasteiger charge is 2.43. The van der Waals surface area contributed by atoms with Crippen LogP contribution < -0.4 is 0 Å². The highest BCUT2D eigenvalue weighted by molar-refractivity contribution is 5.55. The van der Waals surface area contributed by atoms with E-state index in [9.17, 15) is 0 Å². The Bertz CT molecular complexity index is 664. The molecule has 114 valence electrons. The van der Waals surface area contributed by atoms with Crippen molar-refractivity contribution in [2.75, 3.05) is 19.6 Å². The van der Waals surface area contributed by atoms with Crippen LogP contribution in [0.4, 0.5) is 0 Å². The fourth-order valence-electron chi connectivity index (χ4n) is 4.16. The molecule has 3 heteroatoms. The lowest BCUT2D eigenvalue weighted by Gasteiger charge is -2.40. The first-order chi connectivity index (χ1) is 10.8. The summed E-state index contributed by atoms with van der Waals surface area (Å²) in [5, 5.41) is 0. The molecule has 0 radical (unpaired) electrons. The van der Waals surface area contributed by atoms with Gasteiger partial charge in [-0.15, -0.1) is 0 Å². The Labute approximate surface area is 132 Å². The zero-order chi connectivity index (χ0) is 15.0. The summed E-state index contributed by atoms with van der Waals surface area (Å²) in [5.74, 6) is 0.884. The standard InChI is InChI=1S/C19H23N3/c1-2-22-12-6-10-19(14-22)11-9-16-13-20-18(21-17(16)19)15-7-4-3-5-8-15/h3-5,7-8,13H,2,6,9-12,14H2,1H3. The summed E-state index contributed by atoms with van der Waals surface area (Å²) < 4.78 is 0. The largest absolute Gasteiger partial charge is 0.303 e. The van der Waals surface area contributed by atoms with Crippen LogP contribution in [-0.2, 0) is 11.8 Å². The van der Waals surface area contributed by atoms with Gasteiger partial charge in [0.1, 0.15) is 0 Å². The fourth-order valence-corrected chi connectivity index (χ4v) is 4.16. The van der Waals surface area contributed by atoms with Crippen molar-refractivity contribution in [3.8, 4) is 11.4 Å². The zero-order valence-electron chi connectivity index (χ0n) is 13.3. The molecule has 22 heavy (non-hydrogen) atoms. The van der Waals surface area contributed by atoms with Gasteiger partial charge in [0, 0.05) is 23.7 Å². The van der Waals surface area contributed by atoms with E-state index in [4.69, 9.17) is 4.98 Å². The van der Waals surface area contributed by atoms with Gasteiger partial charge in [-0.05, 0) is 44.3 Å². The van der Waals surface area contributed by atoms with E-state index in [2.05, 4.69) is 47.3 Å². The van der Waals surface area contributed by atoms with Gasteiger partial charge in [-0.25, -0.2) is 9.97 Å². The van der Waals surface area contributed by atoms with E-state index in [0.29, 0.717) is 0 Å². The van der Waals surface area contributed by atoms with Gasteiger partial charge in [0.2, 0.25) is 0 Å². The monoisotopic (exact) mass is 293 g/mol. The van der Waals surface area contributed by atoms with Crippen molar-refractivity contribution in [1.29, 1.82) is 0 Å². The highest BCUT2D eigenvalue weighted by atomic mass is 15.1. The van der Waals surface area contributed by atoms with Crippen LogP contribution in [0.25, 0.3) is 11.4 Å².